The lowest BCUT2D eigenvalue weighted by Crippen LogP contribution is -2.07. The SMILES string of the molecule is Cn1cccc1C(=O)c1ccc([N+](=O)[O-])cc1Cl. The van der Waals surface area contributed by atoms with E-state index in [9.17, 15) is 14.9 Å². The summed E-state index contributed by atoms with van der Waals surface area (Å²) < 4.78 is 1.67. The van der Waals surface area contributed by atoms with Gasteiger partial charge in [0.05, 0.1) is 15.6 Å². The van der Waals surface area contributed by atoms with E-state index in [1.807, 2.05) is 0 Å². The highest BCUT2D eigenvalue weighted by Crippen LogP contribution is 2.24. The van der Waals surface area contributed by atoms with Gasteiger partial charge in [-0.25, -0.2) is 0 Å². The van der Waals surface area contributed by atoms with Gasteiger partial charge < -0.3 is 4.57 Å². The van der Waals surface area contributed by atoms with E-state index in [1.54, 1.807) is 29.9 Å². The monoisotopic (exact) mass is 264 g/mol. The van der Waals surface area contributed by atoms with Gasteiger partial charge in [0.1, 0.15) is 0 Å². The molecule has 0 aliphatic rings. The second kappa shape index (κ2) is 4.62. The van der Waals surface area contributed by atoms with Gasteiger partial charge >= 0.3 is 0 Å². The van der Waals surface area contributed by atoms with Crippen LogP contribution in [0.3, 0.4) is 0 Å². The average Bonchev–Trinajstić information content (AvgIpc) is 2.74. The Kier molecular flexibility index (Phi) is 3.16. The Morgan fingerprint density at radius 1 is 1.39 bits per heavy atom. The highest BCUT2D eigenvalue weighted by atomic mass is 35.5. The standard InChI is InChI=1S/C12H9ClN2O3/c1-14-6-2-3-11(14)12(16)9-5-4-8(15(17)18)7-10(9)13/h2-7H,1H3. The molecule has 0 spiro atoms. The predicted octanol–water partition coefficient (Wildman–Crippen LogP) is 2.82. The zero-order chi connectivity index (χ0) is 13.3. The maximum Gasteiger partial charge on any atom is 0.270 e. The van der Waals surface area contributed by atoms with E-state index >= 15 is 0 Å². The van der Waals surface area contributed by atoms with Crippen molar-refractivity contribution in [3.63, 3.8) is 0 Å². The zero-order valence-electron chi connectivity index (χ0n) is 9.46. The summed E-state index contributed by atoms with van der Waals surface area (Å²) >= 11 is 5.90. The highest BCUT2D eigenvalue weighted by Gasteiger charge is 2.17. The minimum Gasteiger partial charge on any atom is -0.348 e. The van der Waals surface area contributed by atoms with Gasteiger partial charge in [-0.05, 0) is 18.2 Å². The molecule has 0 unspecified atom stereocenters. The number of non-ortho nitro benzene ring substituents is 1. The summed E-state index contributed by atoms with van der Waals surface area (Å²) in [4.78, 5) is 22.2. The Balaban J connectivity index is 2.44. The Morgan fingerprint density at radius 2 is 2.11 bits per heavy atom. The number of nitro benzene ring substituents is 1. The van der Waals surface area contributed by atoms with Crippen LogP contribution in [-0.4, -0.2) is 15.3 Å². The molecule has 1 heterocycles. The molecule has 92 valence electrons. The first-order valence-corrected chi connectivity index (χ1v) is 5.48. The van der Waals surface area contributed by atoms with Crippen LogP contribution in [0.1, 0.15) is 16.1 Å². The summed E-state index contributed by atoms with van der Waals surface area (Å²) in [5.41, 5.74) is 0.596. The fourth-order valence-corrected chi connectivity index (χ4v) is 1.90. The molecule has 6 heteroatoms. The Morgan fingerprint density at radius 3 is 2.61 bits per heavy atom. The number of benzene rings is 1. The number of aryl methyl sites for hydroxylation is 1. The maximum atomic E-state index is 12.2. The summed E-state index contributed by atoms with van der Waals surface area (Å²) in [6.45, 7) is 0. The molecular weight excluding hydrogens is 256 g/mol. The normalized spacial score (nSPS) is 10.3. The molecule has 18 heavy (non-hydrogen) atoms. The molecule has 0 fully saturated rings. The van der Waals surface area contributed by atoms with Crippen molar-refractivity contribution in [2.24, 2.45) is 7.05 Å². The lowest BCUT2D eigenvalue weighted by atomic mass is 10.1. The zero-order valence-corrected chi connectivity index (χ0v) is 10.2. The van der Waals surface area contributed by atoms with Crippen LogP contribution in [0.15, 0.2) is 36.5 Å². The van der Waals surface area contributed by atoms with Crippen LogP contribution in [-0.2, 0) is 7.05 Å². The number of carbonyl (C=O) groups is 1. The van der Waals surface area contributed by atoms with Gasteiger partial charge in [-0.3, -0.25) is 14.9 Å². The van der Waals surface area contributed by atoms with Gasteiger partial charge in [-0.2, -0.15) is 0 Å². The molecule has 0 saturated heterocycles. The van der Waals surface area contributed by atoms with Gasteiger partial charge in [-0.1, -0.05) is 11.6 Å². The highest BCUT2D eigenvalue weighted by molar-refractivity contribution is 6.35. The van der Waals surface area contributed by atoms with E-state index in [1.165, 1.54) is 18.2 Å². The minimum absolute atomic E-state index is 0.0791. The number of ketones is 1. The van der Waals surface area contributed by atoms with Crippen molar-refractivity contribution in [3.8, 4) is 0 Å². The van der Waals surface area contributed by atoms with Crippen molar-refractivity contribution in [3.05, 3.63) is 62.9 Å². The predicted molar refractivity (Wildman–Crippen MR) is 67.0 cm³/mol. The quantitative estimate of drug-likeness (QED) is 0.486. The summed E-state index contributed by atoms with van der Waals surface area (Å²) in [6.07, 6.45) is 1.74. The van der Waals surface area contributed by atoms with Crippen molar-refractivity contribution >= 4 is 23.1 Å². The molecular formula is C12H9ClN2O3. The summed E-state index contributed by atoms with van der Waals surface area (Å²) in [6, 6.07) is 7.22. The van der Waals surface area contributed by atoms with E-state index in [0.717, 1.165) is 0 Å². The first-order valence-electron chi connectivity index (χ1n) is 5.10. The van der Waals surface area contributed by atoms with Crippen LogP contribution in [0.2, 0.25) is 5.02 Å². The van der Waals surface area contributed by atoms with Crippen molar-refractivity contribution in [1.29, 1.82) is 0 Å². The smallest absolute Gasteiger partial charge is 0.270 e. The molecule has 0 N–H and O–H groups in total. The molecule has 0 saturated carbocycles. The van der Waals surface area contributed by atoms with Crippen molar-refractivity contribution < 1.29 is 9.72 Å². The molecule has 1 aromatic heterocycles. The number of carbonyl (C=O) groups excluding carboxylic acids is 1. The van der Waals surface area contributed by atoms with Crippen molar-refractivity contribution in [2.45, 2.75) is 0 Å². The van der Waals surface area contributed by atoms with Crippen LogP contribution in [0.25, 0.3) is 0 Å². The molecule has 0 aliphatic heterocycles. The van der Waals surface area contributed by atoms with Crippen LogP contribution in [0.5, 0.6) is 0 Å². The number of halogens is 1. The fourth-order valence-electron chi connectivity index (χ4n) is 1.64. The molecule has 2 rings (SSSR count). The Labute approximate surface area is 108 Å². The Hall–Kier alpha value is -2.14. The number of nitro groups is 1. The van der Waals surface area contributed by atoms with Gasteiger partial charge in [0.15, 0.2) is 0 Å². The molecule has 0 amide bonds. The lowest BCUT2D eigenvalue weighted by Gasteiger charge is -2.04. The molecule has 5 nitrogen and oxygen atoms in total. The third-order valence-electron chi connectivity index (χ3n) is 2.58. The van der Waals surface area contributed by atoms with Crippen LogP contribution < -0.4 is 0 Å². The summed E-state index contributed by atoms with van der Waals surface area (Å²) in [7, 11) is 1.74. The topological polar surface area (TPSA) is 65.1 Å². The Bertz CT molecular complexity index is 634. The van der Waals surface area contributed by atoms with Gasteiger partial charge in [0, 0.05) is 30.9 Å². The third-order valence-corrected chi connectivity index (χ3v) is 2.90. The lowest BCUT2D eigenvalue weighted by molar-refractivity contribution is -0.384. The third kappa shape index (κ3) is 2.12. The molecule has 2 aromatic rings. The van der Waals surface area contributed by atoms with Crippen LogP contribution >= 0.6 is 11.6 Å². The van der Waals surface area contributed by atoms with Gasteiger partial charge in [0.25, 0.3) is 5.69 Å². The van der Waals surface area contributed by atoms with E-state index in [-0.39, 0.29) is 22.1 Å². The average molecular weight is 265 g/mol. The van der Waals surface area contributed by atoms with E-state index in [4.69, 9.17) is 11.6 Å². The molecule has 0 atom stereocenters. The summed E-state index contributed by atoms with van der Waals surface area (Å²) in [5.74, 6) is -0.262. The number of hydrogen-bond donors (Lipinski definition) is 0. The van der Waals surface area contributed by atoms with Crippen LogP contribution in [0.4, 0.5) is 5.69 Å². The number of rotatable bonds is 3. The van der Waals surface area contributed by atoms with Gasteiger partial charge in [0.2, 0.25) is 5.78 Å². The van der Waals surface area contributed by atoms with Crippen LogP contribution in [0, 0.1) is 10.1 Å². The van der Waals surface area contributed by atoms with E-state index in [2.05, 4.69) is 0 Å². The molecule has 1 aromatic carbocycles. The van der Waals surface area contributed by atoms with E-state index < -0.39 is 4.92 Å². The second-order valence-corrected chi connectivity index (χ2v) is 4.16. The fraction of sp³-hybridized carbons (Fsp3) is 0.0833. The van der Waals surface area contributed by atoms with E-state index in [0.29, 0.717) is 5.69 Å². The van der Waals surface area contributed by atoms with Gasteiger partial charge in [-0.15, -0.1) is 0 Å². The minimum atomic E-state index is -0.553. The number of aromatic nitrogens is 1. The largest absolute Gasteiger partial charge is 0.348 e. The second-order valence-electron chi connectivity index (χ2n) is 3.75. The number of hydrogen-bond acceptors (Lipinski definition) is 3. The summed E-state index contributed by atoms with van der Waals surface area (Å²) in [5, 5.41) is 10.7. The van der Waals surface area contributed by atoms with Crippen molar-refractivity contribution in [2.75, 3.05) is 0 Å². The maximum absolute atomic E-state index is 12.2. The molecule has 0 bridgehead atoms. The van der Waals surface area contributed by atoms with Crippen molar-refractivity contribution in [1.82, 2.24) is 4.57 Å². The molecule has 0 aliphatic carbocycles. The molecule has 0 radical (unpaired) electrons. The number of nitrogens with zero attached hydrogens (tertiary/aromatic N) is 2. The first-order chi connectivity index (χ1) is 8.50. The first kappa shape index (κ1) is 12.3.